The van der Waals surface area contributed by atoms with Crippen molar-refractivity contribution in [1.82, 2.24) is 4.90 Å². The Morgan fingerprint density at radius 1 is 0.723 bits per heavy atom. The SMILES string of the molecule is CC(C(CC=Cc1ccc2ccccc2c1)c1ccc(CO)cc1)N(Cc1ccc2ccccc2c1)C(=O)CC(CC(=O)O)C(=O)O. The van der Waals surface area contributed by atoms with Crippen LogP contribution in [-0.2, 0) is 27.5 Å². The van der Waals surface area contributed by atoms with Gasteiger partial charge in [0.2, 0.25) is 5.91 Å². The number of nitrogens with zero attached hydrogens (tertiary/aromatic N) is 1. The number of carboxylic acid groups (broad SMARTS) is 2. The molecule has 0 aliphatic heterocycles. The second-order valence-electron chi connectivity index (χ2n) is 12.0. The number of allylic oxidation sites excluding steroid dienone is 1. The van der Waals surface area contributed by atoms with Gasteiger partial charge in [-0.05, 0) is 69.3 Å². The molecule has 0 bridgehead atoms. The summed E-state index contributed by atoms with van der Waals surface area (Å²) in [6.45, 7) is 2.10. The Labute approximate surface area is 274 Å². The number of hydrogen-bond donors (Lipinski definition) is 3. The molecular formula is C40H39NO6. The van der Waals surface area contributed by atoms with Crippen LogP contribution in [0.2, 0.25) is 0 Å². The summed E-state index contributed by atoms with van der Waals surface area (Å²) in [5.74, 6) is -4.53. The molecule has 0 spiro atoms. The third-order valence-corrected chi connectivity index (χ3v) is 8.82. The number of carbonyl (C=O) groups excluding carboxylic acids is 1. The number of hydrogen-bond acceptors (Lipinski definition) is 4. The molecular weight excluding hydrogens is 590 g/mol. The van der Waals surface area contributed by atoms with Gasteiger partial charge in [-0.3, -0.25) is 14.4 Å². The van der Waals surface area contributed by atoms with Crippen LogP contribution in [0.5, 0.6) is 0 Å². The smallest absolute Gasteiger partial charge is 0.307 e. The highest BCUT2D eigenvalue weighted by atomic mass is 16.4. The zero-order valence-electron chi connectivity index (χ0n) is 26.3. The average molecular weight is 630 g/mol. The van der Waals surface area contributed by atoms with Crippen molar-refractivity contribution in [3.63, 3.8) is 0 Å². The Balaban J connectivity index is 1.49. The molecule has 3 atom stereocenters. The van der Waals surface area contributed by atoms with E-state index in [9.17, 15) is 29.7 Å². The van der Waals surface area contributed by atoms with Crippen molar-refractivity contribution in [2.75, 3.05) is 0 Å². The number of carboxylic acids is 2. The van der Waals surface area contributed by atoms with Gasteiger partial charge in [-0.2, -0.15) is 0 Å². The van der Waals surface area contributed by atoms with Crippen LogP contribution < -0.4 is 0 Å². The standard InChI is InChI=1S/C40H39NO6/c1-27(37(33-19-14-29(26-42)15-20-33)12-6-7-28-13-17-31-8-2-4-10-34(31)21-28)41(38(43)23-36(40(46)47)24-39(44)45)25-30-16-18-32-9-3-5-11-35(32)22-30/h2-11,13-22,27,36-37,42H,12,23-26H2,1H3,(H,44,45)(H,46,47). The van der Waals surface area contributed by atoms with Gasteiger partial charge in [0, 0.05) is 24.9 Å². The second-order valence-corrected chi connectivity index (χ2v) is 12.0. The first-order valence-electron chi connectivity index (χ1n) is 15.8. The van der Waals surface area contributed by atoms with Gasteiger partial charge in [0.1, 0.15) is 0 Å². The summed E-state index contributed by atoms with van der Waals surface area (Å²) in [4.78, 5) is 39.1. The first-order chi connectivity index (χ1) is 22.7. The molecule has 7 nitrogen and oxygen atoms in total. The molecule has 0 aromatic heterocycles. The maximum Gasteiger partial charge on any atom is 0.307 e. The molecule has 3 N–H and O–H groups in total. The van der Waals surface area contributed by atoms with Crippen LogP contribution in [0.4, 0.5) is 0 Å². The van der Waals surface area contributed by atoms with Crippen molar-refractivity contribution < 1.29 is 29.7 Å². The van der Waals surface area contributed by atoms with Gasteiger partial charge in [-0.1, -0.05) is 109 Å². The van der Waals surface area contributed by atoms with Crippen molar-refractivity contribution in [3.05, 3.63) is 138 Å². The third kappa shape index (κ3) is 8.51. The maximum absolute atomic E-state index is 14.0. The van der Waals surface area contributed by atoms with Crippen LogP contribution in [0, 0.1) is 5.92 Å². The molecule has 5 rings (SSSR count). The quantitative estimate of drug-likeness (QED) is 0.116. The number of benzene rings is 5. The molecule has 47 heavy (non-hydrogen) atoms. The van der Waals surface area contributed by atoms with E-state index in [1.807, 2.05) is 85.8 Å². The fourth-order valence-corrected chi connectivity index (χ4v) is 6.14. The highest BCUT2D eigenvalue weighted by Crippen LogP contribution is 2.31. The minimum absolute atomic E-state index is 0.0882. The average Bonchev–Trinajstić information content (AvgIpc) is 3.08. The fraction of sp³-hybridized carbons (Fsp3) is 0.225. The van der Waals surface area contributed by atoms with Crippen molar-refractivity contribution in [2.24, 2.45) is 5.92 Å². The molecule has 1 amide bonds. The third-order valence-electron chi connectivity index (χ3n) is 8.82. The number of amides is 1. The number of aliphatic hydroxyl groups excluding tert-OH is 1. The minimum Gasteiger partial charge on any atom is -0.481 e. The molecule has 3 unspecified atom stereocenters. The monoisotopic (exact) mass is 629 g/mol. The van der Waals surface area contributed by atoms with E-state index in [-0.39, 0.29) is 19.1 Å². The highest BCUT2D eigenvalue weighted by molar-refractivity contribution is 5.86. The van der Waals surface area contributed by atoms with Crippen LogP contribution in [0.3, 0.4) is 0 Å². The fourth-order valence-electron chi connectivity index (χ4n) is 6.14. The van der Waals surface area contributed by atoms with Gasteiger partial charge in [0.25, 0.3) is 0 Å². The summed E-state index contributed by atoms with van der Waals surface area (Å²) in [6.07, 6.45) is 3.67. The van der Waals surface area contributed by atoms with E-state index in [0.29, 0.717) is 6.42 Å². The normalized spacial score (nSPS) is 13.4. The Bertz CT molecular complexity index is 1900. The van der Waals surface area contributed by atoms with Gasteiger partial charge in [-0.25, -0.2) is 0 Å². The van der Waals surface area contributed by atoms with Crippen LogP contribution in [0.1, 0.15) is 54.4 Å². The summed E-state index contributed by atoms with van der Waals surface area (Å²) >= 11 is 0. The number of fused-ring (bicyclic) bond motifs is 2. The van der Waals surface area contributed by atoms with Crippen molar-refractivity contribution in [1.29, 1.82) is 0 Å². The second kappa shape index (κ2) is 15.3. The summed E-state index contributed by atoms with van der Waals surface area (Å²) < 4.78 is 0. The lowest BCUT2D eigenvalue weighted by Crippen LogP contribution is -2.43. The van der Waals surface area contributed by atoms with Gasteiger partial charge in [0.15, 0.2) is 0 Å². The molecule has 240 valence electrons. The van der Waals surface area contributed by atoms with Crippen LogP contribution in [0.15, 0.2) is 115 Å². The van der Waals surface area contributed by atoms with Crippen molar-refractivity contribution >= 4 is 45.5 Å². The van der Waals surface area contributed by atoms with Crippen molar-refractivity contribution in [2.45, 2.75) is 51.3 Å². The van der Waals surface area contributed by atoms with E-state index in [2.05, 4.69) is 42.5 Å². The Kier molecular flexibility index (Phi) is 10.8. The molecule has 0 fully saturated rings. The molecule has 0 saturated carbocycles. The molecule has 0 radical (unpaired) electrons. The molecule has 5 aromatic rings. The van der Waals surface area contributed by atoms with E-state index in [1.165, 1.54) is 0 Å². The van der Waals surface area contributed by atoms with Gasteiger partial charge < -0.3 is 20.2 Å². The first kappa shape index (κ1) is 33.1. The largest absolute Gasteiger partial charge is 0.481 e. The summed E-state index contributed by atoms with van der Waals surface area (Å²) in [5.41, 5.74) is 3.67. The molecule has 5 aromatic carbocycles. The maximum atomic E-state index is 14.0. The first-order valence-corrected chi connectivity index (χ1v) is 15.8. The van der Waals surface area contributed by atoms with Crippen LogP contribution in [0.25, 0.3) is 27.6 Å². The minimum atomic E-state index is -1.35. The lowest BCUT2D eigenvalue weighted by molar-refractivity contribution is -0.151. The van der Waals surface area contributed by atoms with Gasteiger partial charge >= 0.3 is 11.9 Å². The van der Waals surface area contributed by atoms with Crippen molar-refractivity contribution in [3.8, 4) is 0 Å². The Morgan fingerprint density at radius 3 is 1.94 bits per heavy atom. The van der Waals surface area contributed by atoms with Gasteiger partial charge in [-0.15, -0.1) is 0 Å². The van der Waals surface area contributed by atoms with E-state index >= 15 is 0 Å². The number of aliphatic hydroxyl groups is 1. The number of carbonyl (C=O) groups is 3. The summed E-state index contributed by atoms with van der Waals surface area (Å²) in [5, 5.41) is 33.1. The van der Waals surface area contributed by atoms with E-state index in [0.717, 1.165) is 43.8 Å². The highest BCUT2D eigenvalue weighted by Gasteiger charge is 2.32. The molecule has 0 saturated heterocycles. The predicted molar refractivity (Wildman–Crippen MR) is 185 cm³/mol. The van der Waals surface area contributed by atoms with Crippen LogP contribution in [-0.4, -0.2) is 44.1 Å². The Morgan fingerprint density at radius 2 is 1.32 bits per heavy atom. The summed E-state index contributed by atoms with van der Waals surface area (Å²) in [6, 6.07) is 35.6. The van der Waals surface area contributed by atoms with E-state index in [4.69, 9.17) is 0 Å². The Hall–Kier alpha value is -5.27. The van der Waals surface area contributed by atoms with E-state index in [1.54, 1.807) is 4.90 Å². The topological polar surface area (TPSA) is 115 Å². The predicted octanol–water partition coefficient (Wildman–Crippen LogP) is 7.66. The number of aliphatic carboxylic acids is 2. The zero-order chi connectivity index (χ0) is 33.3. The molecule has 0 heterocycles. The zero-order valence-corrected chi connectivity index (χ0v) is 26.3. The van der Waals surface area contributed by atoms with Crippen LogP contribution >= 0.6 is 0 Å². The lowest BCUT2D eigenvalue weighted by atomic mass is 9.86. The molecule has 7 heteroatoms. The van der Waals surface area contributed by atoms with Gasteiger partial charge in [0.05, 0.1) is 18.9 Å². The van der Waals surface area contributed by atoms with E-state index < -0.39 is 42.6 Å². The molecule has 0 aliphatic rings. The molecule has 0 aliphatic carbocycles. The summed E-state index contributed by atoms with van der Waals surface area (Å²) in [7, 11) is 0. The number of rotatable bonds is 14. The lowest BCUT2D eigenvalue weighted by Gasteiger charge is -2.36.